The standard InChI is InChI=1S/C15H26O3/c1-14(2,3)12(16)10-8-7-9-11(10)13(17)18-15(4,5)6/h10-11H,7-9H2,1-6H3/t10?,11-/m1/s1. The molecule has 1 fully saturated rings. The van der Waals surface area contributed by atoms with Crippen LogP contribution in [-0.4, -0.2) is 17.4 Å². The second kappa shape index (κ2) is 5.02. The minimum atomic E-state index is -0.477. The number of ether oxygens (including phenoxy) is 1. The Morgan fingerprint density at radius 1 is 0.944 bits per heavy atom. The van der Waals surface area contributed by atoms with Crippen molar-refractivity contribution >= 4 is 11.8 Å². The summed E-state index contributed by atoms with van der Waals surface area (Å²) in [5.74, 6) is -0.408. The summed E-state index contributed by atoms with van der Waals surface area (Å²) in [6.45, 7) is 11.3. The predicted octanol–water partition coefficient (Wildman–Crippen LogP) is 3.36. The minimum Gasteiger partial charge on any atom is -0.460 e. The number of esters is 1. The van der Waals surface area contributed by atoms with Crippen LogP contribution in [0, 0.1) is 17.3 Å². The first-order valence-electron chi connectivity index (χ1n) is 6.79. The van der Waals surface area contributed by atoms with E-state index in [2.05, 4.69) is 0 Å². The zero-order chi connectivity index (χ0) is 14.1. The van der Waals surface area contributed by atoms with Gasteiger partial charge in [-0.05, 0) is 33.6 Å². The molecule has 3 nitrogen and oxygen atoms in total. The Bertz CT molecular complexity index is 331. The van der Waals surface area contributed by atoms with E-state index in [4.69, 9.17) is 4.74 Å². The van der Waals surface area contributed by atoms with Gasteiger partial charge in [-0.15, -0.1) is 0 Å². The second-order valence-electron chi connectivity index (χ2n) is 7.29. The summed E-state index contributed by atoms with van der Waals surface area (Å²) < 4.78 is 5.42. The van der Waals surface area contributed by atoms with Gasteiger partial charge in [-0.3, -0.25) is 9.59 Å². The molecule has 2 atom stereocenters. The maximum absolute atomic E-state index is 12.3. The maximum atomic E-state index is 12.3. The smallest absolute Gasteiger partial charge is 0.310 e. The van der Waals surface area contributed by atoms with E-state index in [0.29, 0.717) is 0 Å². The first kappa shape index (κ1) is 15.2. The van der Waals surface area contributed by atoms with Crippen LogP contribution >= 0.6 is 0 Å². The first-order chi connectivity index (χ1) is 8.02. The molecule has 1 aliphatic carbocycles. The van der Waals surface area contributed by atoms with Crippen LogP contribution in [-0.2, 0) is 14.3 Å². The minimum absolute atomic E-state index is 0.153. The molecule has 0 aromatic carbocycles. The molecule has 3 heteroatoms. The fraction of sp³-hybridized carbons (Fsp3) is 0.867. The van der Waals surface area contributed by atoms with Gasteiger partial charge < -0.3 is 4.74 Å². The molecule has 0 saturated heterocycles. The van der Waals surface area contributed by atoms with Crippen molar-refractivity contribution < 1.29 is 14.3 Å². The predicted molar refractivity (Wildman–Crippen MR) is 71.1 cm³/mol. The number of carbonyl (C=O) groups excluding carboxylic acids is 2. The van der Waals surface area contributed by atoms with Crippen LogP contribution in [0.3, 0.4) is 0 Å². The van der Waals surface area contributed by atoms with Crippen LogP contribution in [0.15, 0.2) is 0 Å². The average molecular weight is 254 g/mol. The molecule has 0 amide bonds. The molecule has 1 unspecified atom stereocenters. The summed E-state index contributed by atoms with van der Waals surface area (Å²) in [4.78, 5) is 24.5. The molecule has 0 aromatic heterocycles. The Morgan fingerprint density at radius 3 is 1.89 bits per heavy atom. The van der Waals surface area contributed by atoms with Crippen molar-refractivity contribution in [1.82, 2.24) is 0 Å². The Kier molecular flexibility index (Phi) is 4.24. The number of carbonyl (C=O) groups is 2. The number of rotatable bonds is 2. The molecule has 18 heavy (non-hydrogen) atoms. The van der Waals surface area contributed by atoms with Crippen LogP contribution in [0.2, 0.25) is 0 Å². The van der Waals surface area contributed by atoms with Gasteiger partial charge in [-0.1, -0.05) is 27.2 Å². The van der Waals surface area contributed by atoms with Gasteiger partial charge >= 0.3 is 5.97 Å². The molecule has 0 spiro atoms. The van der Waals surface area contributed by atoms with Crippen molar-refractivity contribution in [3.05, 3.63) is 0 Å². The van der Waals surface area contributed by atoms with Crippen molar-refractivity contribution in [3.8, 4) is 0 Å². The third-order valence-electron chi connectivity index (χ3n) is 3.30. The van der Waals surface area contributed by atoms with Gasteiger partial charge in [0, 0.05) is 11.3 Å². The van der Waals surface area contributed by atoms with E-state index in [1.165, 1.54) is 0 Å². The molecule has 0 heterocycles. The van der Waals surface area contributed by atoms with E-state index in [-0.39, 0.29) is 29.0 Å². The second-order valence-corrected chi connectivity index (χ2v) is 7.29. The molecule has 0 aromatic rings. The van der Waals surface area contributed by atoms with Gasteiger partial charge in [0.05, 0.1) is 5.92 Å². The molecule has 0 radical (unpaired) electrons. The SMILES string of the molecule is CC(C)(C)OC(=O)[C@@H]1CCCC1C(=O)C(C)(C)C. The highest BCUT2D eigenvalue weighted by Gasteiger charge is 2.43. The van der Waals surface area contributed by atoms with Crippen LogP contribution < -0.4 is 0 Å². The lowest BCUT2D eigenvalue weighted by molar-refractivity contribution is -0.163. The van der Waals surface area contributed by atoms with Crippen molar-refractivity contribution in [2.24, 2.45) is 17.3 Å². The number of ketones is 1. The van der Waals surface area contributed by atoms with Crippen molar-refractivity contribution in [2.45, 2.75) is 66.4 Å². The van der Waals surface area contributed by atoms with Gasteiger partial charge in [-0.25, -0.2) is 0 Å². The van der Waals surface area contributed by atoms with Crippen LogP contribution in [0.4, 0.5) is 0 Å². The van der Waals surface area contributed by atoms with E-state index in [0.717, 1.165) is 19.3 Å². The van der Waals surface area contributed by atoms with Crippen LogP contribution in [0.5, 0.6) is 0 Å². The molecule has 1 aliphatic rings. The van der Waals surface area contributed by atoms with Crippen molar-refractivity contribution in [2.75, 3.05) is 0 Å². The monoisotopic (exact) mass is 254 g/mol. The Hall–Kier alpha value is -0.860. The quantitative estimate of drug-likeness (QED) is 0.710. The highest BCUT2D eigenvalue weighted by atomic mass is 16.6. The Balaban J connectivity index is 2.77. The normalized spacial score (nSPS) is 25.0. The van der Waals surface area contributed by atoms with Crippen LogP contribution in [0.25, 0.3) is 0 Å². The summed E-state index contributed by atoms with van der Waals surface area (Å²) in [6.07, 6.45) is 2.54. The summed E-state index contributed by atoms with van der Waals surface area (Å²) in [6, 6.07) is 0. The molecule has 0 N–H and O–H groups in total. The van der Waals surface area contributed by atoms with E-state index in [9.17, 15) is 9.59 Å². The van der Waals surface area contributed by atoms with E-state index < -0.39 is 5.60 Å². The zero-order valence-electron chi connectivity index (χ0n) is 12.5. The number of hydrogen-bond donors (Lipinski definition) is 0. The van der Waals surface area contributed by atoms with Crippen molar-refractivity contribution in [1.29, 1.82) is 0 Å². The molecule has 1 saturated carbocycles. The zero-order valence-corrected chi connectivity index (χ0v) is 12.5. The topological polar surface area (TPSA) is 43.4 Å². The Labute approximate surface area is 110 Å². The average Bonchev–Trinajstić information content (AvgIpc) is 2.60. The molecule has 104 valence electrons. The van der Waals surface area contributed by atoms with E-state index >= 15 is 0 Å². The maximum Gasteiger partial charge on any atom is 0.310 e. The number of Topliss-reactive ketones (excluding diaryl/α,β-unsaturated/α-hetero) is 1. The van der Waals surface area contributed by atoms with Gasteiger partial charge in [0.2, 0.25) is 0 Å². The highest BCUT2D eigenvalue weighted by molar-refractivity contribution is 5.90. The third-order valence-corrected chi connectivity index (χ3v) is 3.30. The third kappa shape index (κ3) is 3.82. The van der Waals surface area contributed by atoms with Gasteiger partial charge in [0.15, 0.2) is 0 Å². The summed E-state index contributed by atoms with van der Waals surface area (Å²) in [5, 5.41) is 0. The van der Waals surface area contributed by atoms with E-state index in [1.54, 1.807) is 0 Å². The lowest BCUT2D eigenvalue weighted by atomic mass is 9.78. The molecular formula is C15H26O3. The number of hydrogen-bond acceptors (Lipinski definition) is 3. The molecule has 1 rings (SSSR count). The van der Waals surface area contributed by atoms with E-state index in [1.807, 2.05) is 41.5 Å². The van der Waals surface area contributed by atoms with Gasteiger partial charge in [-0.2, -0.15) is 0 Å². The summed E-state index contributed by atoms with van der Waals surface area (Å²) in [7, 11) is 0. The summed E-state index contributed by atoms with van der Waals surface area (Å²) in [5.41, 5.74) is -0.857. The fourth-order valence-electron chi connectivity index (χ4n) is 2.49. The molecular weight excluding hydrogens is 228 g/mol. The first-order valence-corrected chi connectivity index (χ1v) is 6.79. The largest absolute Gasteiger partial charge is 0.460 e. The summed E-state index contributed by atoms with van der Waals surface area (Å²) >= 11 is 0. The Morgan fingerprint density at radius 2 is 1.44 bits per heavy atom. The molecule has 0 aliphatic heterocycles. The van der Waals surface area contributed by atoms with Crippen molar-refractivity contribution in [3.63, 3.8) is 0 Å². The van der Waals surface area contributed by atoms with Crippen LogP contribution in [0.1, 0.15) is 60.8 Å². The fourth-order valence-corrected chi connectivity index (χ4v) is 2.49. The molecule has 0 bridgehead atoms. The lowest BCUT2D eigenvalue weighted by Gasteiger charge is -2.27. The lowest BCUT2D eigenvalue weighted by Crippen LogP contribution is -2.36. The highest BCUT2D eigenvalue weighted by Crippen LogP contribution is 2.38. The van der Waals surface area contributed by atoms with Gasteiger partial charge in [0.1, 0.15) is 11.4 Å². The van der Waals surface area contributed by atoms with Gasteiger partial charge in [0.25, 0.3) is 0 Å².